The Labute approximate surface area is 474 Å². The third-order valence-corrected chi connectivity index (χ3v) is 24.5. The van der Waals surface area contributed by atoms with E-state index in [1.807, 2.05) is 18.3 Å². The molecule has 398 valence electrons. The van der Waals surface area contributed by atoms with E-state index in [4.69, 9.17) is 0 Å². The van der Waals surface area contributed by atoms with Crippen molar-refractivity contribution in [2.75, 3.05) is 14.1 Å². The van der Waals surface area contributed by atoms with Crippen molar-refractivity contribution in [3.63, 3.8) is 0 Å². The number of hydrogen-bond donors (Lipinski definition) is 0. The molecule has 9 rings (SSSR count). The second kappa shape index (κ2) is 25.3. The van der Waals surface area contributed by atoms with Crippen molar-refractivity contribution in [1.29, 1.82) is 0 Å². The summed E-state index contributed by atoms with van der Waals surface area (Å²) in [6.07, 6.45) is 27.6. The SMILES string of the molecule is CCCCCCCCCCCCc1cc(-c2cc(CCCCCCCCCCCC)c(-c3sc(C)c4c3C(=O)N(C)C4=O)s2)sc1-c1ccc(-c2sc(-c3sc(-c4cc(C)c(C)s4)cc3C)c3c2C(=O)N(C)C3=O)s1. The smallest absolute Gasteiger partial charge is 0.262 e. The Kier molecular flexibility index (Phi) is 18.9. The quantitative estimate of drug-likeness (QED) is 0.0362. The minimum Gasteiger partial charge on any atom is -0.277 e. The van der Waals surface area contributed by atoms with Gasteiger partial charge in [-0.25, -0.2) is 0 Å². The number of unbranched alkanes of at least 4 members (excludes halogenated alkanes) is 18. The summed E-state index contributed by atoms with van der Waals surface area (Å²) in [6.45, 7) is 13.0. The molecule has 0 bridgehead atoms. The number of nitrogens with zero attached hydrogens (tertiary/aromatic N) is 2. The van der Waals surface area contributed by atoms with Gasteiger partial charge < -0.3 is 0 Å². The fourth-order valence-corrected chi connectivity index (χ4v) is 19.6. The van der Waals surface area contributed by atoms with Crippen LogP contribution in [0.1, 0.15) is 216 Å². The zero-order chi connectivity index (χ0) is 52.9. The summed E-state index contributed by atoms with van der Waals surface area (Å²) in [5.74, 6) is -0.844. The van der Waals surface area contributed by atoms with Crippen molar-refractivity contribution in [1.82, 2.24) is 9.80 Å². The van der Waals surface area contributed by atoms with Crippen LogP contribution in [-0.4, -0.2) is 47.5 Å². The maximum absolute atomic E-state index is 14.1. The number of amides is 4. The number of hydrogen-bond acceptors (Lipinski definition) is 11. The van der Waals surface area contributed by atoms with Crippen molar-refractivity contribution in [2.24, 2.45) is 0 Å². The molecule has 75 heavy (non-hydrogen) atoms. The second-order valence-corrected chi connectivity index (χ2v) is 28.8. The molecule has 0 radical (unpaired) electrons. The van der Waals surface area contributed by atoms with Gasteiger partial charge in [-0.05, 0) is 112 Å². The molecule has 9 heterocycles. The molecule has 0 fully saturated rings. The van der Waals surface area contributed by atoms with Crippen molar-refractivity contribution in [3.05, 3.63) is 90.7 Å². The summed E-state index contributed by atoms with van der Waals surface area (Å²) in [7, 11) is 3.22. The standard InChI is InChI=1S/C62H74N2O4S7/c1-9-11-13-15-17-19-21-23-25-27-29-41-35-47(48-36-42(30-28-26-24-22-20-18-16-14-12-10-2)55(74-48)58-50-49(40(6)70-58)59(65)63(7)60(50)66)73-54(41)43-31-32-44(71-43)56-51-52(62(68)64(8)61(51)67)57(75-56)53-38(4)34-46(72-53)45-33-37(3)39(5)69-45/h31-36H,9-30H2,1-8H3. The van der Waals surface area contributed by atoms with Gasteiger partial charge in [-0.3, -0.25) is 29.0 Å². The number of carbonyl (C=O) groups is 4. The van der Waals surface area contributed by atoms with Gasteiger partial charge in [0.2, 0.25) is 0 Å². The molecule has 0 saturated carbocycles. The molecular weight excluding hydrogens is 1060 g/mol. The molecule has 0 spiro atoms. The molecule has 2 aliphatic rings. The molecule has 0 atom stereocenters. The number of fused-ring (bicyclic) bond motifs is 2. The average molecular weight is 1140 g/mol. The molecule has 13 heteroatoms. The van der Waals surface area contributed by atoms with Gasteiger partial charge in [0.1, 0.15) is 0 Å². The molecule has 6 nitrogen and oxygen atoms in total. The zero-order valence-electron chi connectivity index (χ0n) is 45.4. The molecule has 2 aliphatic heterocycles. The average Bonchev–Trinajstić information content (AvgIpc) is 4.29. The van der Waals surface area contributed by atoms with Gasteiger partial charge in [0, 0.05) is 67.7 Å². The van der Waals surface area contributed by atoms with E-state index in [-0.39, 0.29) is 23.6 Å². The second-order valence-electron chi connectivity index (χ2n) is 21.0. The Morgan fingerprint density at radius 2 is 0.720 bits per heavy atom. The van der Waals surface area contributed by atoms with Gasteiger partial charge in [0.05, 0.1) is 36.9 Å². The number of imide groups is 2. The minimum atomic E-state index is -0.229. The first-order valence-electron chi connectivity index (χ1n) is 27.8. The van der Waals surface area contributed by atoms with Crippen LogP contribution < -0.4 is 0 Å². The lowest BCUT2D eigenvalue weighted by molar-refractivity contribution is 0.0678. The van der Waals surface area contributed by atoms with Crippen LogP contribution in [0.2, 0.25) is 0 Å². The van der Waals surface area contributed by atoms with E-state index in [1.54, 1.807) is 82.1 Å². The van der Waals surface area contributed by atoms with Gasteiger partial charge in [-0.2, -0.15) is 0 Å². The van der Waals surface area contributed by atoms with E-state index >= 15 is 0 Å². The Hall–Kier alpha value is -3.82. The van der Waals surface area contributed by atoms with E-state index in [2.05, 4.69) is 71.0 Å². The highest BCUT2D eigenvalue weighted by Gasteiger charge is 2.42. The fourth-order valence-electron chi connectivity index (χ4n) is 10.8. The maximum atomic E-state index is 14.1. The highest BCUT2D eigenvalue weighted by Crippen LogP contribution is 2.54. The van der Waals surface area contributed by atoms with Crippen LogP contribution in [-0.2, 0) is 12.8 Å². The normalized spacial score (nSPS) is 13.5. The summed E-state index contributed by atoms with van der Waals surface area (Å²) in [5, 5.41) is 0. The predicted octanol–water partition coefficient (Wildman–Crippen LogP) is 20.7. The molecule has 7 aromatic rings. The van der Waals surface area contributed by atoms with Crippen LogP contribution in [0.15, 0.2) is 36.4 Å². The number of rotatable bonds is 28. The van der Waals surface area contributed by atoms with Crippen molar-refractivity contribution in [3.8, 4) is 58.5 Å². The first-order chi connectivity index (χ1) is 36.3. The highest BCUT2D eigenvalue weighted by molar-refractivity contribution is 7.31. The summed E-state index contributed by atoms with van der Waals surface area (Å²) < 4.78 is 0. The first-order valence-corrected chi connectivity index (χ1v) is 33.5. The molecule has 7 aromatic heterocycles. The van der Waals surface area contributed by atoms with Gasteiger partial charge in [0.15, 0.2) is 0 Å². The van der Waals surface area contributed by atoms with E-state index in [9.17, 15) is 19.2 Å². The lowest BCUT2D eigenvalue weighted by Crippen LogP contribution is -2.24. The lowest BCUT2D eigenvalue weighted by Gasteiger charge is -2.07. The lowest BCUT2D eigenvalue weighted by atomic mass is 10.0. The Balaban J connectivity index is 1.04. The zero-order valence-corrected chi connectivity index (χ0v) is 51.1. The highest BCUT2D eigenvalue weighted by atomic mass is 32.1. The third-order valence-electron chi connectivity index (χ3n) is 15.3. The summed E-state index contributed by atoms with van der Waals surface area (Å²) in [5.41, 5.74) is 7.27. The molecule has 4 amide bonds. The Bertz CT molecular complexity index is 3160. The van der Waals surface area contributed by atoms with E-state index < -0.39 is 0 Å². The van der Waals surface area contributed by atoms with Crippen molar-refractivity contribution >= 4 is 103 Å². The third kappa shape index (κ3) is 12.0. The molecule has 0 unspecified atom stereocenters. The van der Waals surface area contributed by atoms with Gasteiger partial charge >= 0.3 is 0 Å². The summed E-state index contributed by atoms with van der Waals surface area (Å²) in [4.78, 5) is 73.2. The van der Waals surface area contributed by atoms with Crippen LogP contribution in [0.25, 0.3) is 58.5 Å². The molecule has 0 aliphatic carbocycles. The van der Waals surface area contributed by atoms with Crippen LogP contribution in [0.4, 0.5) is 0 Å². The van der Waals surface area contributed by atoms with E-state index in [0.717, 1.165) is 65.4 Å². The van der Waals surface area contributed by atoms with Crippen molar-refractivity contribution < 1.29 is 19.2 Å². The molecule has 0 saturated heterocycles. The van der Waals surface area contributed by atoms with E-state index in [0.29, 0.717) is 22.3 Å². The van der Waals surface area contributed by atoms with E-state index in [1.165, 1.54) is 176 Å². The van der Waals surface area contributed by atoms with Crippen LogP contribution in [0, 0.1) is 27.7 Å². The van der Waals surface area contributed by atoms with Gasteiger partial charge in [0.25, 0.3) is 23.6 Å². The first kappa shape index (κ1) is 55.9. The summed E-state index contributed by atoms with van der Waals surface area (Å²) in [6, 6.07) is 13.7. The maximum Gasteiger partial charge on any atom is 0.262 e. The van der Waals surface area contributed by atoms with Crippen molar-refractivity contribution in [2.45, 2.75) is 183 Å². The Morgan fingerprint density at radius 1 is 0.333 bits per heavy atom. The topological polar surface area (TPSA) is 74.8 Å². The number of thiophene rings is 7. The molecule has 0 N–H and O–H groups in total. The minimum absolute atomic E-state index is 0.195. The number of carbonyl (C=O) groups excluding carboxylic acids is 4. The van der Waals surface area contributed by atoms with Crippen LogP contribution >= 0.6 is 79.4 Å². The Morgan fingerprint density at radius 3 is 1.24 bits per heavy atom. The molecular formula is C62H74N2O4S7. The van der Waals surface area contributed by atoms with Gasteiger partial charge in [-0.1, -0.05) is 129 Å². The van der Waals surface area contributed by atoms with Gasteiger partial charge in [-0.15, -0.1) is 79.4 Å². The summed E-state index contributed by atoms with van der Waals surface area (Å²) >= 11 is 12.1. The number of aryl methyl sites for hydroxylation is 6. The van der Waals surface area contributed by atoms with Crippen LogP contribution in [0.3, 0.4) is 0 Å². The monoisotopic (exact) mass is 1130 g/mol. The van der Waals surface area contributed by atoms with Crippen LogP contribution in [0.5, 0.6) is 0 Å². The fraction of sp³-hybridized carbons (Fsp3) is 0.484. The predicted molar refractivity (Wildman–Crippen MR) is 327 cm³/mol. The molecule has 0 aromatic carbocycles. The largest absolute Gasteiger partial charge is 0.277 e.